The fourth-order valence-corrected chi connectivity index (χ4v) is 3.12. The maximum Gasteiger partial charge on any atom is 0.343 e. The van der Waals surface area contributed by atoms with Crippen molar-refractivity contribution in [2.75, 3.05) is 18.7 Å². The summed E-state index contributed by atoms with van der Waals surface area (Å²) in [6, 6.07) is 12.3. The van der Waals surface area contributed by atoms with Crippen LogP contribution in [0.4, 0.5) is 11.4 Å². The number of esters is 1. The van der Waals surface area contributed by atoms with Crippen LogP contribution in [0.3, 0.4) is 0 Å². The van der Waals surface area contributed by atoms with E-state index in [2.05, 4.69) is 15.6 Å². The van der Waals surface area contributed by atoms with E-state index in [4.69, 9.17) is 14.2 Å². The predicted octanol–water partition coefficient (Wildman–Crippen LogP) is 3.14. The topological polar surface area (TPSA) is 98.2 Å². The van der Waals surface area contributed by atoms with Crippen molar-refractivity contribution in [2.45, 2.75) is 13.8 Å². The Hall–Kier alpha value is -3.81. The Balaban J connectivity index is 1.75. The Morgan fingerprint density at radius 2 is 2.00 bits per heavy atom. The number of allylic oxidation sites excluding steroid dienone is 1. The monoisotopic (exact) mass is 393 g/mol. The second-order valence-corrected chi connectivity index (χ2v) is 6.32. The highest BCUT2D eigenvalue weighted by Gasteiger charge is 2.28. The Morgan fingerprint density at radius 3 is 2.83 bits per heavy atom. The molecule has 0 aromatic heterocycles. The summed E-state index contributed by atoms with van der Waals surface area (Å²) in [6.07, 6.45) is 0. The van der Waals surface area contributed by atoms with Crippen molar-refractivity contribution in [3.63, 3.8) is 0 Å². The molecule has 8 nitrogen and oxygen atoms in total. The van der Waals surface area contributed by atoms with E-state index in [1.807, 2.05) is 18.2 Å². The summed E-state index contributed by atoms with van der Waals surface area (Å²) < 4.78 is 15.9. The molecule has 1 amide bonds. The number of hydrogen-bond donors (Lipinski definition) is 2. The van der Waals surface area contributed by atoms with Crippen LogP contribution >= 0.6 is 0 Å². The van der Waals surface area contributed by atoms with E-state index in [-0.39, 0.29) is 30.4 Å². The number of anilines is 1. The zero-order valence-electron chi connectivity index (χ0n) is 15.9. The number of carbonyl (C=O) groups is 2. The van der Waals surface area contributed by atoms with Crippen molar-refractivity contribution < 1.29 is 23.8 Å². The first kappa shape index (κ1) is 18.5. The molecule has 148 valence electrons. The number of benzene rings is 2. The molecule has 0 aliphatic carbocycles. The van der Waals surface area contributed by atoms with Crippen LogP contribution in [-0.2, 0) is 9.53 Å². The van der Waals surface area contributed by atoms with Crippen molar-refractivity contribution in [2.24, 2.45) is 4.99 Å². The van der Waals surface area contributed by atoms with Crippen LogP contribution in [0.15, 0.2) is 58.7 Å². The van der Waals surface area contributed by atoms with Gasteiger partial charge in [0.25, 0.3) is 5.91 Å². The molecule has 2 N–H and O–H groups in total. The summed E-state index contributed by atoms with van der Waals surface area (Å²) in [6.45, 7) is 3.69. The smallest absolute Gasteiger partial charge is 0.343 e. The van der Waals surface area contributed by atoms with Crippen LogP contribution in [-0.4, -0.2) is 31.1 Å². The number of nitrogens with one attached hydrogen (secondary N) is 2. The molecular weight excluding hydrogens is 374 g/mol. The SMILES string of the molecule is CCOC(=O)C1=C(C)Nc2ccccc2N=C1NC(=O)c1cccc2c1OCO2. The van der Waals surface area contributed by atoms with Crippen molar-refractivity contribution in [3.8, 4) is 11.5 Å². The first-order chi connectivity index (χ1) is 14.1. The van der Waals surface area contributed by atoms with Crippen LogP contribution < -0.4 is 20.1 Å². The van der Waals surface area contributed by atoms with E-state index in [1.165, 1.54) is 0 Å². The number of amidine groups is 1. The van der Waals surface area contributed by atoms with E-state index in [1.54, 1.807) is 38.1 Å². The van der Waals surface area contributed by atoms with Gasteiger partial charge in [0.1, 0.15) is 11.4 Å². The van der Waals surface area contributed by atoms with Crippen LogP contribution in [0.2, 0.25) is 0 Å². The number of nitrogens with zero attached hydrogens (tertiary/aromatic N) is 1. The highest BCUT2D eigenvalue weighted by Crippen LogP contribution is 2.35. The molecule has 2 aromatic carbocycles. The lowest BCUT2D eigenvalue weighted by atomic mass is 10.1. The summed E-state index contributed by atoms with van der Waals surface area (Å²) in [5.74, 6) is -0.108. The molecule has 8 heteroatoms. The first-order valence-electron chi connectivity index (χ1n) is 9.11. The molecule has 0 unspecified atom stereocenters. The lowest BCUT2D eigenvalue weighted by molar-refractivity contribution is -0.137. The standard InChI is InChI=1S/C21H19N3O5/c1-3-27-21(26)17-12(2)22-14-8-4-5-9-15(14)23-19(17)24-20(25)13-7-6-10-16-18(13)29-11-28-16/h4-10,22H,3,11H2,1-2H3,(H,23,24,25). The minimum atomic E-state index is -0.581. The fourth-order valence-electron chi connectivity index (χ4n) is 3.12. The van der Waals surface area contributed by atoms with Gasteiger partial charge in [-0.25, -0.2) is 9.79 Å². The largest absolute Gasteiger partial charge is 0.462 e. The van der Waals surface area contributed by atoms with Crippen LogP contribution in [0.1, 0.15) is 24.2 Å². The molecule has 0 radical (unpaired) electrons. The molecule has 2 aliphatic rings. The Kier molecular flexibility index (Phi) is 4.90. The van der Waals surface area contributed by atoms with Gasteiger partial charge in [-0.2, -0.15) is 0 Å². The van der Waals surface area contributed by atoms with E-state index < -0.39 is 11.9 Å². The van der Waals surface area contributed by atoms with Gasteiger partial charge in [-0.15, -0.1) is 0 Å². The summed E-state index contributed by atoms with van der Waals surface area (Å²) in [5, 5.41) is 5.91. The van der Waals surface area contributed by atoms with Gasteiger partial charge in [0.2, 0.25) is 6.79 Å². The highest BCUT2D eigenvalue weighted by molar-refractivity contribution is 6.26. The average molecular weight is 393 g/mol. The van der Waals surface area contributed by atoms with Crippen LogP contribution in [0.25, 0.3) is 0 Å². The van der Waals surface area contributed by atoms with Crippen molar-refractivity contribution in [1.82, 2.24) is 5.32 Å². The van der Waals surface area contributed by atoms with Gasteiger partial charge in [-0.05, 0) is 38.1 Å². The lowest BCUT2D eigenvalue weighted by Gasteiger charge is -2.14. The quantitative estimate of drug-likeness (QED) is 0.778. The second-order valence-electron chi connectivity index (χ2n) is 6.32. The van der Waals surface area contributed by atoms with Crippen molar-refractivity contribution in [3.05, 3.63) is 59.3 Å². The minimum Gasteiger partial charge on any atom is -0.462 e. The molecule has 29 heavy (non-hydrogen) atoms. The molecule has 0 saturated heterocycles. The summed E-state index contributed by atoms with van der Waals surface area (Å²) in [5.41, 5.74) is 2.26. The molecule has 2 aliphatic heterocycles. The highest BCUT2D eigenvalue weighted by atomic mass is 16.7. The molecule has 0 spiro atoms. The predicted molar refractivity (Wildman–Crippen MR) is 107 cm³/mol. The third-order valence-electron chi connectivity index (χ3n) is 4.42. The zero-order valence-corrected chi connectivity index (χ0v) is 15.9. The summed E-state index contributed by atoms with van der Waals surface area (Å²) >= 11 is 0. The van der Waals surface area contributed by atoms with Gasteiger partial charge in [0.05, 0.1) is 23.5 Å². The number of para-hydroxylation sites is 3. The van der Waals surface area contributed by atoms with E-state index in [0.29, 0.717) is 28.6 Å². The van der Waals surface area contributed by atoms with Crippen molar-refractivity contribution >= 4 is 29.1 Å². The molecule has 2 heterocycles. The number of carbonyl (C=O) groups excluding carboxylic acids is 2. The number of amides is 1. The Morgan fingerprint density at radius 1 is 1.17 bits per heavy atom. The van der Waals surface area contributed by atoms with Gasteiger partial charge in [-0.3, -0.25) is 4.79 Å². The van der Waals surface area contributed by atoms with Crippen LogP contribution in [0, 0.1) is 0 Å². The summed E-state index contributed by atoms with van der Waals surface area (Å²) in [7, 11) is 0. The maximum atomic E-state index is 13.0. The van der Waals surface area contributed by atoms with Crippen LogP contribution in [0.5, 0.6) is 11.5 Å². The van der Waals surface area contributed by atoms with Gasteiger partial charge in [0, 0.05) is 5.70 Å². The molecular formula is C21H19N3O5. The molecule has 0 bridgehead atoms. The lowest BCUT2D eigenvalue weighted by Crippen LogP contribution is -2.35. The number of aliphatic imine (C=N–C) groups is 1. The maximum absolute atomic E-state index is 13.0. The molecule has 0 saturated carbocycles. The third kappa shape index (κ3) is 3.52. The normalized spacial score (nSPS) is 14.3. The van der Waals surface area contributed by atoms with E-state index >= 15 is 0 Å². The minimum absolute atomic E-state index is 0.0466. The first-order valence-corrected chi connectivity index (χ1v) is 9.11. The second kappa shape index (κ2) is 7.67. The molecule has 4 rings (SSSR count). The number of rotatable bonds is 3. The van der Waals surface area contributed by atoms with Gasteiger partial charge in [0.15, 0.2) is 11.5 Å². The Bertz CT molecular complexity index is 1060. The number of ether oxygens (including phenoxy) is 3. The Labute approximate surface area is 167 Å². The number of hydrogen-bond acceptors (Lipinski definition) is 7. The molecule has 0 fully saturated rings. The fraction of sp³-hybridized carbons (Fsp3) is 0.190. The van der Waals surface area contributed by atoms with E-state index in [0.717, 1.165) is 0 Å². The molecule has 2 aromatic rings. The van der Waals surface area contributed by atoms with Gasteiger partial charge < -0.3 is 24.8 Å². The van der Waals surface area contributed by atoms with E-state index in [9.17, 15) is 9.59 Å². The van der Waals surface area contributed by atoms with Gasteiger partial charge >= 0.3 is 5.97 Å². The average Bonchev–Trinajstić information content (AvgIpc) is 3.13. The molecule has 0 atom stereocenters. The van der Waals surface area contributed by atoms with Crippen molar-refractivity contribution in [1.29, 1.82) is 0 Å². The summed E-state index contributed by atoms with van der Waals surface area (Å²) in [4.78, 5) is 30.2. The zero-order chi connectivity index (χ0) is 20.4. The number of fused-ring (bicyclic) bond motifs is 2. The van der Waals surface area contributed by atoms with Gasteiger partial charge in [-0.1, -0.05) is 18.2 Å². The third-order valence-corrected chi connectivity index (χ3v) is 4.42.